The molecular formula is C9H13Cl2NO. The number of halogens is 2. The van der Waals surface area contributed by atoms with Crippen molar-refractivity contribution in [3.05, 3.63) is 34.9 Å². The van der Waals surface area contributed by atoms with Crippen LogP contribution in [0.3, 0.4) is 0 Å². The van der Waals surface area contributed by atoms with Crippen LogP contribution >= 0.6 is 24.0 Å². The van der Waals surface area contributed by atoms with Crippen LogP contribution in [0, 0.1) is 0 Å². The first-order chi connectivity index (χ1) is 5.75. The Bertz CT molecular complexity index is 255. The van der Waals surface area contributed by atoms with Crippen LogP contribution in [-0.4, -0.2) is 11.7 Å². The molecule has 1 aromatic carbocycles. The van der Waals surface area contributed by atoms with E-state index >= 15 is 0 Å². The largest absolute Gasteiger partial charge is 0.396 e. The molecule has 0 aliphatic heterocycles. The minimum absolute atomic E-state index is 0. The standard InChI is InChI=1S/C9H12ClNO.ClH/c10-8-4-2-1-3-7(8)9(11)5-6-12;/h1-4,9,12H,5-6,11H2;1H/t9-;/m1./s1. The highest BCUT2D eigenvalue weighted by Crippen LogP contribution is 2.22. The zero-order valence-electron chi connectivity index (χ0n) is 7.11. The van der Waals surface area contributed by atoms with Gasteiger partial charge >= 0.3 is 0 Å². The lowest BCUT2D eigenvalue weighted by Crippen LogP contribution is -2.12. The van der Waals surface area contributed by atoms with Crippen LogP contribution in [0.1, 0.15) is 18.0 Å². The predicted octanol–water partition coefficient (Wildman–Crippen LogP) is 2.14. The quantitative estimate of drug-likeness (QED) is 0.822. The fourth-order valence-electron chi connectivity index (χ4n) is 1.07. The Hall–Kier alpha value is -0.280. The highest BCUT2D eigenvalue weighted by molar-refractivity contribution is 6.31. The van der Waals surface area contributed by atoms with Gasteiger partial charge in [-0.1, -0.05) is 29.8 Å². The number of hydrogen-bond acceptors (Lipinski definition) is 2. The van der Waals surface area contributed by atoms with Crippen molar-refractivity contribution in [2.75, 3.05) is 6.61 Å². The third-order valence-corrected chi connectivity index (χ3v) is 2.09. The minimum Gasteiger partial charge on any atom is -0.396 e. The molecule has 0 aliphatic carbocycles. The minimum atomic E-state index is -0.163. The highest BCUT2D eigenvalue weighted by Gasteiger charge is 2.07. The van der Waals surface area contributed by atoms with Crippen LogP contribution in [0.2, 0.25) is 5.02 Å². The van der Waals surface area contributed by atoms with E-state index in [1.807, 2.05) is 18.2 Å². The lowest BCUT2D eigenvalue weighted by molar-refractivity contribution is 0.276. The van der Waals surface area contributed by atoms with E-state index in [2.05, 4.69) is 0 Å². The van der Waals surface area contributed by atoms with Gasteiger partial charge in [0.25, 0.3) is 0 Å². The van der Waals surface area contributed by atoms with E-state index in [1.54, 1.807) is 6.07 Å². The summed E-state index contributed by atoms with van der Waals surface area (Å²) in [6.45, 7) is 0.0897. The molecule has 0 unspecified atom stereocenters. The van der Waals surface area contributed by atoms with Gasteiger partial charge in [0.1, 0.15) is 0 Å². The smallest absolute Gasteiger partial charge is 0.0453 e. The number of aliphatic hydroxyl groups excluding tert-OH is 1. The van der Waals surface area contributed by atoms with Crippen molar-refractivity contribution >= 4 is 24.0 Å². The average molecular weight is 222 g/mol. The van der Waals surface area contributed by atoms with Gasteiger partial charge in [0.05, 0.1) is 0 Å². The topological polar surface area (TPSA) is 46.2 Å². The zero-order valence-corrected chi connectivity index (χ0v) is 8.68. The van der Waals surface area contributed by atoms with Gasteiger partial charge in [0, 0.05) is 17.7 Å². The second-order valence-corrected chi connectivity index (χ2v) is 3.05. The van der Waals surface area contributed by atoms with Gasteiger partial charge in [0.15, 0.2) is 0 Å². The molecule has 0 heterocycles. The summed E-state index contributed by atoms with van der Waals surface area (Å²) in [4.78, 5) is 0. The lowest BCUT2D eigenvalue weighted by Gasteiger charge is -2.11. The van der Waals surface area contributed by atoms with Crippen molar-refractivity contribution in [3.8, 4) is 0 Å². The van der Waals surface area contributed by atoms with E-state index in [-0.39, 0.29) is 25.1 Å². The molecule has 1 atom stereocenters. The summed E-state index contributed by atoms with van der Waals surface area (Å²) >= 11 is 5.89. The summed E-state index contributed by atoms with van der Waals surface area (Å²) in [6.07, 6.45) is 0.545. The Morgan fingerprint density at radius 2 is 2.00 bits per heavy atom. The maximum Gasteiger partial charge on any atom is 0.0453 e. The average Bonchev–Trinajstić information content (AvgIpc) is 2.05. The van der Waals surface area contributed by atoms with E-state index in [0.717, 1.165) is 5.56 Å². The van der Waals surface area contributed by atoms with E-state index in [9.17, 15) is 0 Å². The summed E-state index contributed by atoms with van der Waals surface area (Å²) in [5.41, 5.74) is 6.66. The first-order valence-electron chi connectivity index (χ1n) is 3.86. The molecule has 13 heavy (non-hydrogen) atoms. The number of rotatable bonds is 3. The maximum absolute atomic E-state index is 8.67. The molecular weight excluding hydrogens is 209 g/mol. The van der Waals surface area contributed by atoms with Crippen molar-refractivity contribution in [1.82, 2.24) is 0 Å². The Morgan fingerprint density at radius 3 is 2.54 bits per heavy atom. The summed E-state index contributed by atoms with van der Waals surface area (Å²) in [5, 5.41) is 9.33. The van der Waals surface area contributed by atoms with Crippen molar-refractivity contribution in [2.24, 2.45) is 5.73 Å². The number of nitrogens with two attached hydrogens (primary N) is 1. The van der Waals surface area contributed by atoms with Crippen LogP contribution in [0.15, 0.2) is 24.3 Å². The Morgan fingerprint density at radius 1 is 1.38 bits per heavy atom. The molecule has 1 aromatic rings. The van der Waals surface area contributed by atoms with Gasteiger partial charge in [0.2, 0.25) is 0 Å². The molecule has 0 amide bonds. The van der Waals surface area contributed by atoms with Gasteiger partial charge in [-0.3, -0.25) is 0 Å². The summed E-state index contributed by atoms with van der Waals surface area (Å²) in [5.74, 6) is 0. The third kappa shape index (κ3) is 3.53. The molecule has 4 heteroatoms. The zero-order chi connectivity index (χ0) is 8.97. The van der Waals surface area contributed by atoms with Crippen LogP contribution in [0.4, 0.5) is 0 Å². The number of hydrogen-bond donors (Lipinski definition) is 2. The second kappa shape index (κ2) is 6.22. The third-order valence-electron chi connectivity index (χ3n) is 1.74. The monoisotopic (exact) mass is 221 g/mol. The van der Waals surface area contributed by atoms with Crippen LogP contribution in [-0.2, 0) is 0 Å². The van der Waals surface area contributed by atoms with Crippen molar-refractivity contribution < 1.29 is 5.11 Å². The highest BCUT2D eigenvalue weighted by atomic mass is 35.5. The van der Waals surface area contributed by atoms with E-state index in [0.29, 0.717) is 11.4 Å². The first kappa shape index (κ1) is 12.7. The van der Waals surface area contributed by atoms with Crippen LogP contribution in [0.5, 0.6) is 0 Å². The molecule has 0 fully saturated rings. The SMILES string of the molecule is Cl.N[C@H](CCO)c1ccccc1Cl. The fourth-order valence-corrected chi connectivity index (χ4v) is 1.35. The Labute approximate surface area is 89.1 Å². The molecule has 1 rings (SSSR count). The normalized spacial score (nSPS) is 11.9. The fraction of sp³-hybridized carbons (Fsp3) is 0.333. The maximum atomic E-state index is 8.67. The van der Waals surface area contributed by atoms with Crippen LogP contribution < -0.4 is 5.73 Å². The van der Waals surface area contributed by atoms with Gasteiger partial charge in [-0.2, -0.15) is 0 Å². The molecule has 0 radical (unpaired) electrons. The van der Waals surface area contributed by atoms with E-state index in [1.165, 1.54) is 0 Å². The molecule has 0 spiro atoms. The number of aliphatic hydroxyl groups is 1. The summed E-state index contributed by atoms with van der Waals surface area (Å²) in [7, 11) is 0. The molecule has 0 aromatic heterocycles. The van der Waals surface area contributed by atoms with Crippen molar-refractivity contribution in [1.29, 1.82) is 0 Å². The Kier molecular flexibility index (Phi) is 6.08. The van der Waals surface area contributed by atoms with Crippen molar-refractivity contribution in [2.45, 2.75) is 12.5 Å². The summed E-state index contributed by atoms with van der Waals surface area (Å²) in [6, 6.07) is 7.26. The van der Waals surface area contributed by atoms with E-state index < -0.39 is 0 Å². The van der Waals surface area contributed by atoms with Gasteiger partial charge < -0.3 is 10.8 Å². The molecule has 74 valence electrons. The molecule has 3 N–H and O–H groups in total. The summed E-state index contributed by atoms with van der Waals surface area (Å²) < 4.78 is 0. The van der Waals surface area contributed by atoms with Gasteiger partial charge in [-0.25, -0.2) is 0 Å². The molecule has 0 saturated heterocycles. The lowest BCUT2D eigenvalue weighted by atomic mass is 10.1. The van der Waals surface area contributed by atoms with Crippen LogP contribution in [0.25, 0.3) is 0 Å². The predicted molar refractivity (Wildman–Crippen MR) is 57.3 cm³/mol. The Balaban J connectivity index is 0.00000144. The number of benzene rings is 1. The molecule has 0 saturated carbocycles. The van der Waals surface area contributed by atoms with Gasteiger partial charge in [-0.05, 0) is 18.1 Å². The molecule has 0 bridgehead atoms. The second-order valence-electron chi connectivity index (χ2n) is 2.64. The van der Waals surface area contributed by atoms with Crippen molar-refractivity contribution in [3.63, 3.8) is 0 Å². The molecule has 2 nitrogen and oxygen atoms in total. The van der Waals surface area contributed by atoms with E-state index in [4.69, 9.17) is 22.4 Å². The molecule has 0 aliphatic rings. The first-order valence-corrected chi connectivity index (χ1v) is 4.24. The van der Waals surface area contributed by atoms with Gasteiger partial charge in [-0.15, -0.1) is 12.4 Å².